The number of ether oxygens (including phenoxy) is 1. The molecular formula is C18H26O3. The normalized spacial score (nSPS) is 17.4. The molecule has 1 atom stereocenters. The highest BCUT2D eigenvalue weighted by Crippen LogP contribution is 2.34. The van der Waals surface area contributed by atoms with Gasteiger partial charge < -0.3 is 9.84 Å². The van der Waals surface area contributed by atoms with Crippen molar-refractivity contribution in [3.8, 4) is 0 Å². The first-order valence-electron chi connectivity index (χ1n) is 8.04. The number of rotatable bonds is 6. The van der Waals surface area contributed by atoms with Crippen molar-refractivity contribution in [2.75, 3.05) is 7.11 Å². The summed E-state index contributed by atoms with van der Waals surface area (Å²) in [6, 6.07) is 8.21. The van der Waals surface area contributed by atoms with Gasteiger partial charge in [-0.25, -0.2) is 0 Å². The Hall–Kier alpha value is -1.35. The summed E-state index contributed by atoms with van der Waals surface area (Å²) in [6.07, 6.45) is 7.89. The molecule has 1 aromatic rings. The molecule has 0 amide bonds. The summed E-state index contributed by atoms with van der Waals surface area (Å²) in [7, 11) is 1.42. The smallest absolute Gasteiger partial charge is 0.305 e. The van der Waals surface area contributed by atoms with Crippen molar-refractivity contribution >= 4 is 5.97 Å². The molecule has 0 radical (unpaired) electrons. The number of hydrogen-bond acceptors (Lipinski definition) is 3. The monoisotopic (exact) mass is 290 g/mol. The first kappa shape index (κ1) is 16.0. The van der Waals surface area contributed by atoms with Crippen molar-refractivity contribution in [2.24, 2.45) is 5.92 Å². The molecule has 2 rings (SSSR count). The largest absolute Gasteiger partial charge is 0.469 e. The summed E-state index contributed by atoms with van der Waals surface area (Å²) in [5.41, 5.74) is 2.23. The summed E-state index contributed by atoms with van der Waals surface area (Å²) in [6.45, 7) is 0. The maximum absolute atomic E-state index is 11.1. The van der Waals surface area contributed by atoms with Crippen LogP contribution in [0.1, 0.15) is 62.2 Å². The van der Waals surface area contributed by atoms with Crippen LogP contribution in [0.15, 0.2) is 24.3 Å². The van der Waals surface area contributed by atoms with Crippen LogP contribution in [0.5, 0.6) is 0 Å². The summed E-state index contributed by atoms with van der Waals surface area (Å²) < 4.78 is 4.63. The van der Waals surface area contributed by atoms with Gasteiger partial charge in [0.15, 0.2) is 0 Å². The minimum atomic E-state index is -0.325. The third-order valence-corrected chi connectivity index (χ3v) is 4.49. The highest BCUT2D eigenvalue weighted by atomic mass is 16.5. The molecule has 0 heterocycles. The Morgan fingerprint density at radius 1 is 1.24 bits per heavy atom. The molecule has 21 heavy (non-hydrogen) atoms. The van der Waals surface area contributed by atoms with Gasteiger partial charge in [0.1, 0.15) is 0 Å². The molecule has 0 aromatic heterocycles. The van der Waals surface area contributed by atoms with Gasteiger partial charge in [0.25, 0.3) is 0 Å². The molecule has 3 heteroatoms. The number of esters is 1. The van der Waals surface area contributed by atoms with Gasteiger partial charge in [-0.05, 0) is 42.7 Å². The second kappa shape index (κ2) is 8.18. The van der Waals surface area contributed by atoms with E-state index in [9.17, 15) is 9.90 Å². The minimum Gasteiger partial charge on any atom is -0.469 e. The SMILES string of the molecule is COC(=O)CCCc1ccc(C(O)C2CCCCC2)cc1. The number of aliphatic hydroxyl groups excluding tert-OH is 1. The molecule has 1 aromatic carbocycles. The molecule has 1 N–H and O–H groups in total. The van der Waals surface area contributed by atoms with Gasteiger partial charge in [0.2, 0.25) is 0 Å². The molecule has 1 aliphatic rings. The lowest BCUT2D eigenvalue weighted by atomic mass is 9.82. The van der Waals surface area contributed by atoms with E-state index in [-0.39, 0.29) is 12.1 Å². The van der Waals surface area contributed by atoms with Crippen molar-refractivity contribution in [3.63, 3.8) is 0 Å². The molecule has 0 aliphatic heterocycles. The van der Waals surface area contributed by atoms with Crippen molar-refractivity contribution in [1.29, 1.82) is 0 Å². The van der Waals surface area contributed by atoms with Crippen molar-refractivity contribution in [2.45, 2.75) is 57.5 Å². The Kier molecular flexibility index (Phi) is 6.24. The van der Waals surface area contributed by atoms with E-state index in [4.69, 9.17) is 0 Å². The van der Waals surface area contributed by atoms with E-state index < -0.39 is 0 Å². The lowest BCUT2D eigenvalue weighted by molar-refractivity contribution is -0.140. The number of carbonyl (C=O) groups excluding carboxylic acids is 1. The molecule has 0 saturated heterocycles. The number of methoxy groups -OCH3 is 1. The molecule has 116 valence electrons. The molecule has 1 aliphatic carbocycles. The number of hydrogen-bond donors (Lipinski definition) is 1. The van der Waals surface area contributed by atoms with Gasteiger partial charge in [-0.2, -0.15) is 0 Å². The quantitative estimate of drug-likeness (QED) is 0.811. The average molecular weight is 290 g/mol. The average Bonchev–Trinajstić information content (AvgIpc) is 2.55. The van der Waals surface area contributed by atoms with E-state index in [1.165, 1.54) is 31.9 Å². The van der Waals surface area contributed by atoms with E-state index in [0.29, 0.717) is 12.3 Å². The number of aliphatic hydroxyl groups is 1. The fraction of sp³-hybridized carbons (Fsp3) is 0.611. The van der Waals surface area contributed by atoms with Crippen LogP contribution in [0.4, 0.5) is 0 Å². The standard InChI is InChI=1S/C18H26O3/c1-21-17(19)9-5-6-14-10-12-16(13-11-14)18(20)15-7-3-2-4-8-15/h10-13,15,18,20H,2-9H2,1H3. The fourth-order valence-corrected chi connectivity index (χ4v) is 3.14. The zero-order chi connectivity index (χ0) is 15.1. The maximum Gasteiger partial charge on any atom is 0.305 e. The summed E-state index contributed by atoms with van der Waals surface area (Å²) in [5.74, 6) is 0.267. The fourth-order valence-electron chi connectivity index (χ4n) is 3.14. The summed E-state index contributed by atoms with van der Waals surface area (Å²) >= 11 is 0. The second-order valence-electron chi connectivity index (χ2n) is 6.01. The van der Waals surface area contributed by atoms with Crippen LogP contribution in [-0.4, -0.2) is 18.2 Å². The Morgan fingerprint density at radius 2 is 1.90 bits per heavy atom. The van der Waals surface area contributed by atoms with Crippen LogP contribution in [0, 0.1) is 5.92 Å². The van der Waals surface area contributed by atoms with E-state index >= 15 is 0 Å². The van der Waals surface area contributed by atoms with Crippen LogP contribution in [-0.2, 0) is 16.0 Å². The number of carbonyl (C=O) groups is 1. The maximum atomic E-state index is 11.1. The predicted molar refractivity (Wildman–Crippen MR) is 82.9 cm³/mol. The van der Waals surface area contributed by atoms with E-state index in [1.807, 2.05) is 12.1 Å². The highest BCUT2D eigenvalue weighted by molar-refractivity contribution is 5.69. The van der Waals surface area contributed by atoms with Crippen LogP contribution >= 0.6 is 0 Å². The topological polar surface area (TPSA) is 46.5 Å². The molecule has 0 bridgehead atoms. The molecular weight excluding hydrogens is 264 g/mol. The van der Waals surface area contributed by atoms with Gasteiger partial charge in [-0.3, -0.25) is 4.79 Å². The van der Waals surface area contributed by atoms with Crippen molar-refractivity contribution < 1.29 is 14.6 Å². The molecule has 1 unspecified atom stereocenters. The first-order valence-corrected chi connectivity index (χ1v) is 8.04. The minimum absolute atomic E-state index is 0.153. The van der Waals surface area contributed by atoms with E-state index in [1.54, 1.807) is 0 Å². The molecule has 1 saturated carbocycles. The molecule has 1 fully saturated rings. The Balaban J connectivity index is 1.84. The van der Waals surface area contributed by atoms with Gasteiger partial charge in [0, 0.05) is 6.42 Å². The zero-order valence-corrected chi connectivity index (χ0v) is 12.9. The van der Waals surface area contributed by atoms with Crippen LogP contribution in [0.3, 0.4) is 0 Å². The van der Waals surface area contributed by atoms with Crippen LogP contribution in [0.2, 0.25) is 0 Å². The van der Waals surface area contributed by atoms with Crippen LogP contribution < -0.4 is 0 Å². The van der Waals surface area contributed by atoms with Gasteiger partial charge in [-0.15, -0.1) is 0 Å². The molecule has 0 spiro atoms. The Morgan fingerprint density at radius 3 is 2.52 bits per heavy atom. The summed E-state index contributed by atoms with van der Waals surface area (Å²) in [5, 5.41) is 10.5. The van der Waals surface area contributed by atoms with Gasteiger partial charge in [-0.1, -0.05) is 43.5 Å². The second-order valence-corrected chi connectivity index (χ2v) is 6.01. The lowest BCUT2D eigenvalue weighted by Crippen LogP contribution is -2.15. The Labute approximate surface area is 127 Å². The van der Waals surface area contributed by atoms with Crippen molar-refractivity contribution in [3.05, 3.63) is 35.4 Å². The number of aryl methyl sites for hydroxylation is 1. The van der Waals surface area contributed by atoms with E-state index in [2.05, 4.69) is 16.9 Å². The van der Waals surface area contributed by atoms with E-state index in [0.717, 1.165) is 31.2 Å². The first-order chi connectivity index (χ1) is 10.2. The molecule has 3 nitrogen and oxygen atoms in total. The summed E-state index contributed by atoms with van der Waals surface area (Å²) in [4.78, 5) is 11.1. The Bertz CT molecular complexity index is 432. The third-order valence-electron chi connectivity index (χ3n) is 4.49. The highest BCUT2D eigenvalue weighted by Gasteiger charge is 2.22. The third kappa shape index (κ3) is 4.85. The number of benzene rings is 1. The lowest BCUT2D eigenvalue weighted by Gasteiger charge is -2.26. The van der Waals surface area contributed by atoms with Gasteiger partial charge >= 0.3 is 5.97 Å². The predicted octanol–water partition coefficient (Wildman–Crippen LogP) is 3.80. The van der Waals surface area contributed by atoms with Gasteiger partial charge in [0.05, 0.1) is 13.2 Å². The van der Waals surface area contributed by atoms with Crippen LogP contribution in [0.25, 0.3) is 0 Å². The van der Waals surface area contributed by atoms with Crippen molar-refractivity contribution in [1.82, 2.24) is 0 Å². The zero-order valence-electron chi connectivity index (χ0n) is 12.9.